The standard InChI is InChI=1S/C22H34N2O6/c1-14(2)18(20(27)29-13-16-11-9-8-10-12-16)24(7)19(26)17(15(3)25)23-21(28)30-22(4,5)6/h8-12,14-15,17-18,25H,13H2,1-7H3,(H,23,28)/t15-,17+,18+/m1/s1. The average molecular weight is 423 g/mol. The molecule has 168 valence electrons. The van der Waals surface area contributed by atoms with E-state index in [1.165, 1.54) is 18.9 Å². The van der Waals surface area contributed by atoms with E-state index < -0.39 is 41.8 Å². The summed E-state index contributed by atoms with van der Waals surface area (Å²) in [5.74, 6) is -1.43. The Morgan fingerprint density at radius 2 is 1.67 bits per heavy atom. The van der Waals surface area contributed by atoms with Crippen molar-refractivity contribution < 1.29 is 29.0 Å². The Kier molecular flexibility index (Phi) is 9.29. The molecule has 0 radical (unpaired) electrons. The SMILES string of the molecule is CC(C)[C@@H](C(=O)OCc1ccccc1)N(C)C(=O)[C@@H](NC(=O)OC(C)(C)C)[C@@H](C)O. The third-order valence-corrected chi connectivity index (χ3v) is 4.28. The predicted molar refractivity (Wildman–Crippen MR) is 112 cm³/mol. The second-order valence-corrected chi connectivity index (χ2v) is 8.60. The zero-order valence-corrected chi connectivity index (χ0v) is 18.8. The summed E-state index contributed by atoms with van der Waals surface area (Å²) in [6.07, 6.45) is -2.02. The summed E-state index contributed by atoms with van der Waals surface area (Å²) >= 11 is 0. The largest absolute Gasteiger partial charge is 0.459 e. The van der Waals surface area contributed by atoms with Gasteiger partial charge in [-0.15, -0.1) is 0 Å². The molecule has 0 aliphatic carbocycles. The first kappa shape index (κ1) is 25.4. The van der Waals surface area contributed by atoms with E-state index in [0.29, 0.717) is 0 Å². The highest BCUT2D eigenvalue weighted by Gasteiger charge is 2.37. The quantitative estimate of drug-likeness (QED) is 0.624. The van der Waals surface area contributed by atoms with Crippen LogP contribution < -0.4 is 5.32 Å². The van der Waals surface area contributed by atoms with Gasteiger partial charge in [-0.1, -0.05) is 44.2 Å². The Hall–Kier alpha value is -2.61. The molecule has 2 N–H and O–H groups in total. The minimum atomic E-state index is -1.27. The number of alkyl carbamates (subject to hydrolysis) is 1. The number of benzene rings is 1. The summed E-state index contributed by atoms with van der Waals surface area (Å²) in [7, 11) is 1.45. The predicted octanol–water partition coefficient (Wildman–Crippen LogP) is 2.49. The minimum absolute atomic E-state index is 0.0842. The van der Waals surface area contributed by atoms with Gasteiger partial charge in [0, 0.05) is 7.05 Å². The van der Waals surface area contributed by atoms with Gasteiger partial charge in [0.25, 0.3) is 0 Å². The number of rotatable bonds is 8. The van der Waals surface area contributed by atoms with Gasteiger partial charge in [-0.05, 0) is 39.2 Å². The van der Waals surface area contributed by atoms with Crippen LogP contribution in [0.2, 0.25) is 0 Å². The molecule has 1 aromatic carbocycles. The topological polar surface area (TPSA) is 105 Å². The Bertz CT molecular complexity index is 712. The van der Waals surface area contributed by atoms with Crippen LogP contribution in [0.25, 0.3) is 0 Å². The van der Waals surface area contributed by atoms with Crippen molar-refractivity contribution in [2.24, 2.45) is 5.92 Å². The number of hydrogen-bond acceptors (Lipinski definition) is 6. The first-order chi connectivity index (χ1) is 13.8. The molecule has 0 bridgehead atoms. The van der Waals surface area contributed by atoms with Crippen LogP contribution in [0.5, 0.6) is 0 Å². The summed E-state index contributed by atoms with van der Waals surface area (Å²) < 4.78 is 10.6. The molecule has 0 spiro atoms. The van der Waals surface area contributed by atoms with Crippen LogP contribution in [0.4, 0.5) is 4.79 Å². The van der Waals surface area contributed by atoms with Crippen LogP contribution in [-0.2, 0) is 25.7 Å². The molecular weight excluding hydrogens is 388 g/mol. The van der Waals surface area contributed by atoms with Crippen LogP contribution in [-0.4, -0.2) is 58.8 Å². The number of aliphatic hydroxyl groups excluding tert-OH is 1. The zero-order chi connectivity index (χ0) is 23.1. The lowest BCUT2D eigenvalue weighted by molar-refractivity contribution is -0.158. The van der Waals surface area contributed by atoms with Crippen molar-refractivity contribution in [2.75, 3.05) is 7.05 Å². The number of aliphatic hydroxyl groups is 1. The first-order valence-corrected chi connectivity index (χ1v) is 9.98. The molecule has 0 unspecified atom stereocenters. The number of nitrogens with zero attached hydrogens (tertiary/aromatic N) is 1. The van der Waals surface area contributed by atoms with Crippen molar-refractivity contribution in [3.8, 4) is 0 Å². The lowest BCUT2D eigenvalue weighted by Gasteiger charge is -2.33. The molecule has 0 aliphatic heterocycles. The molecule has 1 rings (SSSR count). The van der Waals surface area contributed by atoms with Gasteiger partial charge in [-0.2, -0.15) is 0 Å². The smallest absolute Gasteiger partial charge is 0.408 e. The number of amides is 2. The fourth-order valence-corrected chi connectivity index (χ4v) is 2.87. The van der Waals surface area contributed by atoms with Crippen molar-refractivity contribution in [3.05, 3.63) is 35.9 Å². The third kappa shape index (κ3) is 8.02. The van der Waals surface area contributed by atoms with Gasteiger partial charge in [-0.3, -0.25) is 4.79 Å². The Labute approximate surface area is 178 Å². The summed E-state index contributed by atoms with van der Waals surface area (Å²) in [5, 5.41) is 12.4. The third-order valence-electron chi connectivity index (χ3n) is 4.28. The van der Waals surface area contributed by atoms with Gasteiger partial charge in [0.2, 0.25) is 5.91 Å². The second-order valence-electron chi connectivity index (χ2n) is 8.60. The monoisotopic (exact) mass is 422 g/mol. The zero-order valence-electron chi connectivity index (χ0n) is 18.8. The molecule has 0 aliphatic rings. The van der Waals surface area contributed by atoms with Gasteiger partial charge >= 0.3 is 12.1 Å². The van der Waals surface area contributed by atoms with E-state index in [1.54, 1.807) is 34.6 Å². The Morgan fingerprint density at radius 1 is 1.10 bits per heavy atom. The van der Waals surface area contributed by atoms with Crippen LogP contribution >= 0.6 is 0 Å². The normalized spacial score (nSPS) is 14.4. The van der Waals surface area contributed by atoms with E-state index in [9.17, 15) is 19.5 Å². The highest BCUT2D eigenvalue weighted by Crippen LogP contribution is 2.15. The van der Waals surface area contributed by atoms with Crippen molar-refractivity contribution in [3.63, 3.8) is 0 Å². The number of esters is 1. The molecule has 8 nitrogen and oxygen atoms in total. The van der Waals surface area contributed by atoms with E-state index in [0.717, 1.165) is 5.56 Å². The van der Waals surface area contributed by atoms with Gasteiger partial charge in [-0.25, -0.2) is 9.59 Å². The second kappa shape index (κ2) is 11.0. The van der Waals surface area contributed by atoms with Crippen LogP contribution in [0.15, 0.2) is 30.3 Å². The molecule has 8 heteroatoms. The Balaban J connectivity index is 2.90. The fraction of sp³-hybridized carbons (Fsp3) is 0.591. The first-order valence-electron chi connectivity index (χ1n) is 9.98. The van der Waals surface area contributed by atoms with Crippen molar-refractivity contribution in [1.29, 1.82) is 0 Å². The number of likely N-dealkylation sites (N-methyl/N-ethyl adjacent to an activating group) is 1. The molecule has 0 heterocycles. The maximum Gasteiger partial charge on any atom is 0.408 e. The number of carbonyl (C=O) groups excluding carboxylic acids is 3. The minimum Gasteiger partial charge on any atom is -0.459 e. The Morgan fingerprint density at radius 3 is 2.13 bits per heavy atom. The highest BCUT2D eigenvalue weighted by molar-refractivity contribution is 5.90. The molecular formula is C22H34N2O6. The van der Waals surface area contributed by atoms with Crippen LogP contribution in [0.3, 0.4) is 0 Å². The number of ether oxygens (including phenoxy) is 2. The molecule has 30 heavy (non-hydrogen) atoms. The van der Waals surface area contributed by atoms with E-state index in [1.807, 2.05) is 30.3 Å². The van der Waals surface area contributed by atoms with Crippen molar-refractivity contribution in [1.82, 2.24) is 10.2 Å². The molecule has 0 fully saturated rings. The molecule has 0 saturated carbocycles. The van der Waals surface area contributed by atoms with Gasteiger partial charge in [0.1, 0.15) is 24.3 Å². The van der Waals surface area contributed by atoms with Crippen molar-refractivity contribution >= 4 is 18.0 Å². The summed E-state index contributed by atoms with van der Waals surface area (Å²) in [4.78, 5) is 39.0. The summed E-state index contributed by atoms with van der Waals surface area (Å²) in [5.41, 5.74) is 0.0695. The van der Waals surface area contributed by atoms with E-state index in [4.69, 9.17) is 9.47 Å². The highest BCUT2D eigenvalue weighted by atomic mass is 16.6. The van der Waals surface area contributed by atoms with Crippen molar-refractivity contribution in [2.45, 2.75) is 71.9 Å². The maximum absolute atomic E-state index is 13.0. The number of nitrogens with one attached hydrogen (secondary N) is 1. The lowest BCUT2D eigenvalue weighted by Crippen LogP contribution is -2.57. The molecule has 0 saturated heterocycles. The fourth-order valence-electron chi connectivity index (χ4n) is 2.87. The van der Waals surface area contributed by atoms with E-state index in [2.05, 4.69) is 5.32 Å². The summed E-state index contributed by atoms with van der Waals surface area (Å²) in [6.45, 7) is 10.1. The molecule has 0 aromatic heterocycles. The van der Waals surface area contributed by atoms with E-state index in [-0.39, 0.29) is 12.5 Å². The lowest BCUT2D eigenvalue weighted by atomic mass is 10.0. The average Bonchev–Trinajstić information content (AvgIpc) is 2.62. The van der Waals surface area contributed by atoms with Gasteiger partial charge in [0.15, 0.2) is 0 Å². The van der Waals surface area contributed by atoms with Gasteiger partial charge in [0.05, 0.1) is 6.10 Å². The molecule has 3 atom stereocenters. The van der Waals surface area contributed by atoms with Crippen LogP contribution in [0, 0.1) is 5.92 Å². The molecule has 1 aromatic rings. The van der Waals surface area contributed by atoms with Crippen LogP contribution in [0.1, 0.15) is 47.1 Å². The number of carbonyl (C=O) groups is 3. The maximum atomic E-state index is 13.0. The summed E-state index contributed by atoms with van der Waals surface area (Å²) in [6, 6.07) is 7.06. The molecule has 2 amide bonds. The van der Waals surface area contributed by atoms with Gasteiger partial charge < -0.3 is 24.8 Å². The van der Waals surface area contributed by atoms with E-state index >= 15 is 0 Å². The number of hydrogen-bond donors (Lipinski definition) is 2.